The Hall–Kier alpha value is -15.8. The number of nitrogens with one attached hydrogen (secondary N) is 8. The average Bonchev–Trinajstić information content (AvgIpc) is 1.66. The minimum atomic E-state index is -0.0228. The van der Waals surface area contributed by atoms with Crippen LogP contribution >= 0.6 is 46.4 Å². The fraction of sp³-hybridized carbons (Fsp3) is 0.369. The van der Waals surface area contributed by atoms with E-state index in [0.29, 0.717) is 89.5 Å². The van der Waals surface area contributed by atoms with E-state index in [9.17, 15) is 0 Å². The first-order chi connectivity index (χ1) is 70.1. The van der Waals surface area contributed by atoms with Crippen LogP contribution in [0.1, 0.15) is 174 Å². The van der Waals surface area contributed by atoms with Crippen LogP contribution in [0.5, 0.6) is 0 Å². The van der Waals surface area contributed by atoms with E-state index in [2.05, 4.69) is 256 Å². The monoisotopic (exact) mass is 2040 g/mol. The van der Waals surface area contributed by atoms with Crippen LogP contribution in [0.3, 0.4) is 0 Å². The van der Waals surface area contributed by atoms with E-state index in [-0.39, 0.29) is 45.8 Å². The molecule has 4 saturated heterocycles. The second kappa shape index (κ2) is 44.6. The number of imidazole rings is 3. The normalized spacial score (nSPS) is 14.5. The predicted octanol–water partition coefficient (Wildman–Crippen LogP) is 19.6. The number of pyridine rings is 5. The topological polar surface area (TPSA) is 467 Å². The largest absolute Gasteiger partial charge is 0.366 e. The first-order valence-electron chi connectivity index (χ1n) is 48.3. The van der Waals surface area contributed by atoms with Crippen LogP contribution in [0.25, 0.3) is 28.0 Å². The molecule has 0 atom stereocenters. The molecule has 20 rings (SSSR count). The zero-order valence-electron chi connectivity index (χ0n) is 83.2. The van der Waals surface area contributed by atoms with Crippen LogP contribution in [0.4, 0.5) is 93.1 Å². The summed E-state index contributed by atoms with van der Waals surface area (Å²) in [6.45, 7) is 33.5. The summed E-state index contributed by atoms with van der Waals surface area (Å²) in [5.41, 5.74) is 12.9. The first-order valence-corrected chi connectivity index (χ1v) is 49.8. The molecule has 1 aromatic carbocycles. The van der Waals surface area contributed by atoms with Gasteiger partial charge in [-0.25, -0.2) is 59.0 Å². The van der Waals surface area contributed by atoms with Gasteiger partial charge in [-0.05, 0) is 147 Å². The Bertz CT molecular complexity index is 7070. The molecule has 748 valence electrons. The number of anilines is 16. The minimum absolute atomic E-state index is 0.0197. The molecular weight excluding hydrogens is 1930 g/mol. The lowest BCUT2D eigenvalue weighted by Gasteiger charge is -2.33. The van der Waals surface area contributed by atoms with Gasteiger partial charge in [-0.2, -0.15) is 46.1 Å². The summed E-state index contributed by atoms with van der Waals surface area (Å²) in [6, 6.07) is 39.6. The number of nitrogens with zero attached hydrogens (tertiary/aromatic N) is 31. The number of fused-ring (bicyclic) bond motifs is 4. The van der Waals surface area contributed by atoms with E-state index in [1.54, 1.807) is 78.4 Å². The zero-order valence-corrected chi connectivity index (χ0v) is 86.2. The molecule has 43 heteroatoms. The van der Waals surface area contributed by atoms with Crippen molar-refractivity contribution in [1.82, 2.24) is 113 Å². The Morgan fingerprint density at radius 3 is 1.08 bits per heavy atom. The number of hydrogen-bond donors (Lipinski definition) is 8. The summed E-state index contributed by atoms with van der Waals surface area (Å²) in [7, 11) is 0. The van der Waals surface area contributed by atoms with Crippen molar-refractivity contribution in [1.29, 1.82) is 21.0 Å². The molecule has 0 unspecified atom stereocenters. The molecule has 0 saturated carbocycles. The molecule has 146 heavy (non-hydrogen) atoms. The Morgan fingerprint density at radius 2 is 0.733 bits per heavy atom. The van der Waals surface area contributed by atoms with Crippen molar-refractivity contribution in [3.05, 3.63) is 237 Å². The van der Waals surface area contributed by atoms with Gasteiger partial charge in [0.05, 0.1) is 82.2 Å². The zero-order chi connectivity index (χ0) is 103. The molecule has 0 amide bonds. The minimum Gasteiger partial charge on any atom is -0.366 e. The van der Waals surface area contributed by atoms with Gasteiger partial charge in [0, 0.05) is 173 Å². The van der Waals surface area contributed by atoms with Crippen LogP contribution in [0, 0.1) is 56.2 Å². The number of nitriles is 4. The van der Waals surface area contributed by atoms with Crippen LogP contribution in [-0.4, -0.2) is 190 Å². The van der Waals surface area contributed by atoms with Crippen LogP contribution in [0.2, 0.25) is 20.1 Å². The van der Waals surface area contributed by atoms with Crippen molar-refractivity contribution in [2.24, 2.45) is 10.8 Å². The van der Waals surface area contributed by atoms with Crippen LogP contribution < -0.4 is 62.1 Å². The van der Waals surface area contributed by atoms with E-state index in [1.165, 1.54) is 0 Å². The molecule has 0 bridgehead atoms. The van der Waals surface area contributed by atoms with E-state index in [1.807, 2.05) is 111 Å². The van der Waals surface area contributed by atoms with Crippen LogP contribution in [-0.2, 0) is 23.8 Å². The second-order valence-electron chi connectivity index (χ2n) is 40.8. The second-order valence-corrected chi connectivity index (χ2v) is 42.4. The lowest BCUT2D eigenvalue weighted by atomic mass is 9.91. The number of halogens is 4. The quantitative estimate of drug-likeness (QED) is 0.0312. The highest BCUT2D eigenvalue weighted by atomic mass is 35.5. The summed E-state index contributed by atoms with van der Waals surface area (Å²) >= 11 is 25.7. The molecule has 16 aromatic rings. The molecule has 0 radical (unpaired) electrons. The summed E-state index contributed by atoms with van der Waals surface area (Å²) in [6.07, 6.45) is 31.1. The van der Waals surface area contributed by atoms with E-state index in [4.69, 9.17) is 82.4 Å². The lowest BCUT2D eigenvalue weighted by Crippen LogP contribution is -2.39. The van der Waals surface area contributed by atoms with Gasteiger partial charge < -0.3 is 70.9 Å². The molecule has 19 heterocycles. The highest BCUT2D eigenvalue weighted by molar-refractivity contribution is 6.34. The highest BCUT2D eigenvalue weighted by Gasteiger charge is 2.30. The average molecular weight is 2040 g/mol. The molecule has 0 aliphatic carbocycles. The molecule has 4 aliphatic rings. The molecular formula is C103H113Cl4N39. The molecule has 4 fully saturated rings. The van der Waals surface area contributed by atoms with Gasteiger partial charge in [0.25, 0.3) is 0 Å². The van der Waals surface area contributed by atoms with Crippen molar-refractivity contribution < 1.29 is 0 Å². The maximum Gasteiger partial charge on any atom is 0.229 e. The Morgan fingerprint density at radius 1 is 0.356 bits per heavy atom. The fourth-order valence-electron chi connectivity index (χ4n) is 17.0. The first kappa shape index (κ1) is 102. The van der Waals surface area contributed by atoms with Gasteiger partial charge in [0.15, 0.2) is 40.4 Å². The maximum absolute atomic E-state index is 8.97. The third-order valence-corrected chi connectivity index (χ3v) is 25.8. The number of hydrogen-bond acceptors (Lipinski definition) is 35. The van der Waals surface area contributed by atoms with Crippen LogP contribution in [0.15, 0.2) is 178 Å². The standard InChI is InChI=1S/2C26H29ClN10.C26H28ClN9.C25H27ClN10/c1-26(2,3)16-37-22-6-5-19(12-21(22)34-35-37)32-25-30-15-20(27)24(33-25)31-18-8-10-36(11-9-18)23-7-4-17(13-28)14-29-23;1-26(2,3)11-20-16-37-23(32-20)10-19(14-31-37)34-25-30-15-21(27)24(35-25)33-18-6-8-36(9-7-18)22-5-4-17(12-28)13-29-22;1-26(2,3)21-16-36-11-8-19(12-23(36)33-21)32-25-30-15-20(27)24(34-25)31-18-6-9-35(10-7-18)22-5-4-17(13-28)14-29-22;1-25(2,3)20-15-36-11-8-17(12-22(36)31-20)30-24-28-14-19(26)23(32-24)29-16-6-9-35(10-7-16)21-5-4-18(13-27)33-34-21/h4-7,12,14-15,18H,8-11,16H2,1-3H3,(H2,30,31,32,33);4-5,10,13-16,18H,6-9,11H2,1-3H3,(H2,30,33,34,35);4-5,8,11-12,14-16,18H,6-7,9-10H2,1-3H3,(H2,30,31,32,34);4-5,8,11-12,14-16H,6-7,9-10H2,1-3H3,(H2,28,29,30,32). The van der Waals surface area contributed by atoms with Crippen molar-refractivity contribution in [2.45, 2.75) is 182 Å². The molecule has 8 N–H and O–H groups in total. The van der Waals surface area contributed by atoms with E-state index in [0.717, 1.165) is 208 Å². The third kappa shape index (κ3) is 26.6. The Balaban J connectivity index is 0.000000133. The summed E-state index contributed by atoms with van der Waals surface area (Å²) in [4.78, 5) is 72.2. The molecule has 4 aliphatic heterocycles. The molecule has 0 spiro atoms. The molecule has 15 aromatic heterocycles. The van der Waals surface area contributed by atoms with Crippen molar-refractivity contribution in [2.75, 3.05) is 114 Å². The summed E-state index contributed by atoms with van der Waals surface area (Å²) < 4.78 is 7.74. The van der Waals surface area contributed by atoms with Gasteiger partial charge in [0.2, 0.25) is 23.8 Å². The molecule has 39 nitrogen and oxygen atoms in total. The van der Waals surface area contributed by atoms with Gasteiger partial charge in [0.1, 0.15) is 78.6 Å². The smallest absolute Gasteiger partial charge is 0.229 e. The van der Waals surface area contributed by atoms with Gasteiger partial charge >= 0.3 is 0 Å². The van der Waals surface area contributed by atoms with Gasteiger partial charge in [-0.15, -0.1) is 15.3 Å². The van der Waals surface area contributed by atoms with E-state index >= 15 is 0 Å². The van der Waals surface area contributed by atoms with Crippen molar-refractivity contribution >= 4 is 167 Å². The Labute approximate surface area is 865 Å². The van der Waals surface area contributed by atoms with E-state index < -0.39 is 0 Å². The number of aromatic nitrogens is 23. The number of benzene rings is 1. The fourth-order valence-corrected chi connectivity index (χ4v) is 17.6. The van der Waals surface area contributed by atoms with Gasteiger partial charge in [-0.3, -0.25) is 0 Å². The lowest BCUT2D eigenvalue weighted by molar-refractivity contribution is 0.327. The summed E-state index contributed by atoms with van der Waals surface area (Å²) in [5, 5.41) is 85.8. The summed E-state index contributed by atoms with van der Waals surface area (Å²) in [5.74, 6) is 7.66. The number of piperidine rings is 4. The maximum atomic E-state index is 8.97. The third-order valence-electron chi connectivity index (χ3n) is 24.7. The number of rotatable bonds is 22. The van der Waals surface area contributed by atoms with Crippen molar-refractivity contribution in [3.63, 3.8) is 0 Å². The Kier molecular flexibility index (Phi) is 31.1. The predicted molar refractivity (Wildman–Crippen MR) is 571 cm³/mol. The highest BCUT2D eigenvalue weighted by Crippen LogP contribution is 2.36. The SMILES string of the molecule is CC(C)(C)Cc1cn2ncc(Nc3ncc(Cl)c(NC4CCN(c5ccc(C#N)cn5)CC4)n3)cc2n1.CC(C)(C)Cn1nnc2cc(Nc3ncc(Cl)c(NC4CCN(c5ccc(C#N)cn5)CC4)n3)ccc21.CC(C)(C)c1cn2ccc(Nc3ncc(Cl)c(NC4CCN(c5ccc(C#N)cn5)CC4)n3)cc2n1.CC(C)(C)c1cn2ccc(Nc3ncc(Cl)c(NC4CCN(c5ccc(C#N)nn5)CC4)n3)cc2n1. The van der Waals surface area contributed by atoms with Crippen molar-refractivity contribution in [3.8, 4) is 24.3 Å². The van der Waals surface area contributed by atoms with Gasteiger partial charge in [-0.1, -0.05) is 135 Å².